The van der Waals surface area contributed by atoms with E-state index < -0.39 is 5.82 Å². The second-order valence-corrected chi connectivity index (χ2v) is 4.78. The zero-order valence-corrected chi connectivity index (χ0v) is 10.2. The van der Waals surface area contributed by atoms with Gasteiger partial charge in [0, 0.05) is 12.0 Å². The summed E-state index contributed by atoms with van der Waals surface area (Å²) in [6.07, 6.45) is 0.773. The first-order valence-electron chi connectivity index (χ1n) is 5.71. The molecule has 0 radical (unpaired) electrons. The van der Waals surface area contributed by atoms with Crippen molar-refractivity contribution in [3.8, 4) is 11.4 Å². The van der Waals surface area contributed by atoms with Crippen molar-refractivity contribution < 1.29 is 8.91 Å². The first-order valence-corrected chi connectivity index (χ1v) is 6.09. The zero-order valence-electron chi connectivity index (χ0n) is 9.49. The smallest absolute Gasteiger partial charge is 0.227 e. The van der Waals surface area contributed by atoms with Crippen molar-refractivity contribution in [2.45, 2.75) is 6.42 Å². The van der Waals surface area contributed by atoms with Gasteiger partial charge in [0.15, 0.2) is 0 Å². The minimum Gasteiger partial charge on any atom is -0.339 e. The molecule has 0 bridgehead atoms. The van der Waals surface area contributed by atoms with Crippen molar-refractivity contribution in [2.24, 2.45) is 5.92 Å². The largest absolute Gasteiger partial charge is 0.339 e. The van der Waals surface area contributed by atoms with Crippen molar-refractivity contribution in [2.75, 3.05) is 13.1 Å². The normalized spacial score (nSPS) is 15.7. The quantitative estimate of drug-likeness (QED) is 0.927. The molecule has 0 amide bonds. The Bertz CT molecular complexity index is 568. The second-order valence-electron chi connectivity index (χ2n) is 4.37. The van der Waals surface area contributed by atoms with Gasteiger partial charge in [0.1, 0.15) is 5.82 Å². The lowest BCUT2D eigenvalue weighted by Crippen LogP contribution is -2.43. The van der Waals surface area contributed by atoms with Gasteiger partial charge in [-0.1, -0.05) is 16.8 Å². The van der Waals surface area contributed by atoms with Crippen LogP contribution in [-0.4, -0.2) is 23.2 Å². The first kappa shape index (κ1) is 11.6. The number of halogens is 2. The van der Waals surface area contributed by atoms with E-state index in [4.69, 9.17) is 16.1 Å². The van der Waals surface area contributed by atoms with Crippen LogP contribution in [0.3, 0.4) is 0 Å². The SMILES string of the molecule is Fc1ccc(-c2noc(CC3CNC3)n2)cc1Cl. The third kappa shape index (κ3) is 2.23. The van der Waals surface area contributed by atoms with E-state index in [1.165, 1.54) is 12.1 Å². The Morgan fingerprint density at radius 3 is 2.94 bits per heavy atom. The average molecular weight is 268 g/mol. The van der Waals surface area contributed by atoms with Gasteiger partial charge >= 0.3 is 0 Å². The average Bonchev–Trinajstić information content (AvgIpc) is 2.76. The topological polar surface area (TPSA) is 51.0 Å². The summed E-state index contributed by atoms with van der Waals surface area (Å²) >= 11 is 5.72. The van der Waals surface area contributed by atoms with Crippen LogP contribution < -0.4 is 5.32 Å². The first-order chi connectivity index (χ1) is 8.72. The highest BCUT2D eigenvalue weighted by Gasteiger charge is 2.20. The lowest BCUT2D eigenvalue weighted by molar-refractivity contribution is 0.296. The molecule has 0 saturated carbocycles. The molecular weight excluding hydrogens is 257 g/mol. The lowest BCUT2D eigenvalue weighted by atomic mass is 10.00. The molecule has 0 spiro atoms. The van der Waals surface area contributed by atoms with Crippen LogP contribution in [-0.2, 0) is 6.42 Å². The summed E-state index contributed by atoms with van der Waals surface area (Å²) in [6.45, 7) is 1.97. The van der Waals surface area contributed by atoms with Gasteiger partial charge in [-0.15, -0.1) is 0 Å². The fourth-order valence-electron chi connectivity index (χ4n) is 1.83. The van der Waals surface area contributed by atoms with Gasteiger partial charge in [0.2, 0.25) is 11.7 Å². The van der Waals surface area contributed by atoms with Crippen LogP contribution in [0, 0.1) is 11.7 Å². The van der Waals surface area contributed by atoms with Crippen LogP contribution in [0.4, 0.5) is 4.39 Å². The molecule has 1 aromatic carbocycles. The van der Waals surface area contributed by atoms with Crippen LogP contribution >= 0.6 is 11.6 Å². The van der Waals surface area contributed by atoms with Crippen molar-refractivity contribution in [3.05, 3.63) is 34.9 Å². The summed E-state index contributed by atoms with van der Waals surface area (Å²) in [5.41, 5.74) is 0.656. The van der Waals surface area contributed by atoms with Crippen LogP contribution in [0.1, 0.15) is 5.89 Å². The van der Waals surface area contributed by atoms with Crippen LogP contribution in [0.25, 0.3) is 11.4 Å². The molecule has 1 aliphatic rings. The molecule has 1 fully saturated rings. The molecule has 0 aliphatic carbocycles. The molecule has 94 valence electrons. The molecule has 0 unspecified atom stereocenters. The van der Waals surface area contributed by atoms with E-state index in [1.54, 1.807) is 6.07 Å². The molecule has 3 rings (SSSR count). The molecule has 1 aliphatic heterocycles. The van der Waals surface area contributed by atoms with Crippen molar-refractivity contribution in [1.82, 2.24) is 15.5 Å². The Labute approximate surface area is 108 Å². The van der Waals surface area contributed by atoms with E-state index in [-0.39, 0.29) is 5.02 Å². The van der Waals surface area contributed by atoms with E-state index in [0.717, 1.165) is 19.5 Å². The highest BCUT2D eigenvalue weighted by Crippen LogP contribution is 2.23. The number of hydrogen-bond acceptors (Lipinski definition) is 4. The van der Waals surface area contributed by atoms with E-state index in [9.17, 15) is 4.39 Å². The predicted octanol–water partition coefficient (Wildman–Crippen LogP) is 2.29. The molecule has 1 saturated heterocycles. The summed E-state index contributed by atoms with van der Waals surface area (Å²) in [6, 6.07) is 4.38. The fraction of sp³-hybridized carbons (Fsp3) is 0.333. The van der Waals surface area contributed by atoms with Gasteiger partial charge in [-0.05, 0) is 37.2 Å². The summed E-state index contributed by atoms with van der Waals surface area (Å²) in [5, 5.41) is 7.12. The predicted molar refractivity (Wildman–Crippen MR) is 64.8 cm³/mol. The van der Waals surface area contributed by atoms with Gasteiger partial charge < -0.3 is 9.84 Å². The van der Waals surface area contributed by atoms with Crippen LogP contribution in [0.15, 0.2) is 22.7 Å². The summed E-state index contributed by atoms with van der Waals surface area (Å²) in [4.78, 5) is 4.29. The van der Waals surface area contributed by atoms with E-state index in [2.05, 4.69) is 15.5 Å². The lowest BCUT2D eigenvalue weighted by Gasteiger charge is -2.25. The van der Waals surface area contributed by atoms with Gasteiger partial charge in [0.05, 0.1) is 5.02 Å². The van der Waals surface area contributed by atoms with Gasteiger partial charge in [0.25, 0.3) is 0 Å². The Kier molecular flexibility index (Phi) is 3.01. The van der Waals surface area contributed by atoms with E-state index in [0.29, 0.717) is 23.2 Å². The van der Waals surface area contributed by atoms with Gasteiger partial charge in [-0.3, -0.25) is 0 Å². The molecule has 2 aromatic rings. The third-order valence-corrected chi connectivity index (χ3v) is 3.26. The molecule has 6 heteroatoms. The third-order valence-electron chi connectivity index (χ3n) is 2.98. The van der Waals surface area contributed by atoms with Gasteiger partial charge in [-0.25, -0.2) is 4.39 Å². The maximum Gasteiger partial charge on any atom is 0.227 e. The molecular formula is C12H11ClFN3O. The number of nitrogens with zero attached hydrogens (tertiary/aromatic N) is 2. The molecule has 4 nitrogen and oxygen atoms in total. The number of nitrogens with one attached hydrogen (secondary N) is 1. The fourth-order valence-corrected chi connectivity index (χ4v) is 2.01. The Hall–Kier alpha value is -1.46. The van der Waals surface area contributed by atoms with E-state index >= 15 is 0 Å². The monoisotopic (exact) mass is 267 g/mol. The van der Waals surface area contributed by atoms with Crippen molar-refractivity contribution in [3.63, 3.8) is 0 Å². The molecule has 18 heavy (non-hydrogen) atoms. The molecule has 2 heterocycles. The van der Waals surface area contributed by atoms with Crippen molar-refractivity contribution in [1.29, 1.82) is 0 Å². The van der Waals surface area contributed by atoms with Crippen molar-refractivity contribution >= 4 is 11.6 Å². The summed E-state index contributed by atoms with van der Waals surface area (Å²) in [7, 11) is 0. The number of benzene rings is 1. The highest BCUT2D eigenvalue weighted by molar-refractivity contribution is 6.31. The molecule has 1 aromatic heterocycles. The Balaban J connectivity index is 1.80. The minimum atomic E-state index is -0.454. The van der Waals surface area contributed by atoms with Crippen LogP contribution in [0.2, 0.25) is 5.02 Å². The minimum absolute atomic E-state index is 0.0574. The molecule has 0 atom stereocenters. The number of aromatic nitrogens is 2. The second kappa shape index (κ2) is 4.66. The number of rotatable bonds is 3. The van der Waals surface area contributed by atoms with Gasteiger partial charge in [-0.2, -0.15) is 4.98 Å². The summed E-state index contributed by atoms with van der Waals surface area (Å²) < 4.78 is 18.2. The maximum absolute atomic E-state index is 13.0. The standard InChI is InChI=1S/C12H11ClFN3O/c13-9-4-8(1-2-10(9)14)12-16-11(18-17-12)3-7-5-15-6-7/h1-2,4,7,15H,3,5-6H2. The van der Waals surface area contributed by atoms with E-state index in [1.807, 2.05) is 0 Å². The highest BCUT2D eigenvalue weighted by atomic mass is 35.5. The Morgan fingerprint density at radius 1 is 1.44 bits per heavy atom. The van der Waals surface area contributed by atoms with Crippen LogP contribution in [0.5, 0.6) is 0 Å². The summed E-state index contributed by atoms with van der Waals surface area (Å²) in [5.74, 6) is 1.16. The molecule has 1 N–H and O–H groups in total. The Morgan fingerprint density at radius 2 is 2.28 bits per heavy atom. The zero-order chi connectivity index (χ0) is 12.5. The maximum atomic E-state index is 13.0. The number of hydrogen-bond donors (Lipinski definition) is 1.